The Morgan fingerprint density at radius 3 is 2.66 bits per heavy atom. The first-order valence-corrected chi connectivity index (χ1v) is 10.4. The van der Waals surface area contributed by atoms with Crippen molar-refractivity contribution in [1.29, 1.82) is 0 Å². The lowest BCUT2D eigenvalue weighted by atomic mass is 9.86. The van der Waals surface area contributed by atoms with Gasteiger partial charge in [-0.05, 0) is 36.5 Å². The van der Waals surface area contributed by atoms with Crippen LogP contribution in [0.4, 0.5) is 0 Å². The molecule has 164 valence electrons. The molecule has 0 bridgehead atoms. The molecule has 1 aromatic rings. The molecule has 1 saturated carbocycles. The third kappa shape index (κ3) is 10.2. The van der Waals surface area contributed by atoms with E-state index in [4.69, 9.17) is 4.74 Å². The van der Waals surface area contributed by atoms with E-state index in [1.54, 1.807) is 21.1 Å². The van der Waals surface area contributed by atoms with Crippen LogP contribution in [0.2, 0.25) is 0 Å². The van der Waals surface area contributed by atoms with Gasteiger partial charge in [-0.1, -0.05) is 44.2 Å². The molecule has 0 radical (unpaired) electrons. The second-order valence-electron chi connectivity index (χ2n) is 7.72. The Hall–Kier alpha value is -1.51. The maximum atomic E-state index is 11.6. The summed E-state index contributed by atoms with van der Waals surface area (Å²) in [5.41, 5.74) is 1.08. The summed E-state index contributed by atoms with van der Waals surface area (Å²) < 4.78 is 5.58. The summed E-state index contributed by atoms with van der Waals surface area (Å²) in [7, 11) is 5.24. The van der Waals surface area contributed by atoms with Gasteiger partial charge in [0, 0.05) is 34.2 Å². The Labute approximate surface area is 192 Å². The fourth-order valence-electron chi connectivity index (χ4n) is 3.50. The molecular formula is C22H37IN4O2. The highest BCUT2D eigenvalue weighted by molar-refractivity contribution is 14.0. The summed E-state index contributed by atoms with van der Waals surface area (Å²) in [5.74, 6) is 2.39. The minimum atomic E-state index is -0.0543. The van der Waals surface area contributed by atoms with Crippen molar-refractivity contribution in [2.24, 2.45) is 10.9 Å². The molecule has 0 aromatic heterocycles. The van der Waals surface area contributed by atoms with E-state index in [2.05, 4.69) is 15.6 Å². The molecule has 29 heavy (non-hydrogen) atoms. The number of nitrogens with zero attached hydrogens (tertiary/aromatic N) is 2. The fraction of sp³-hybridized carbons (Fsp3) is 0.636. The van der Waals surface area contributed by atoms with E-state index in [1.165, 1.54) is 49.8 Å². The number of nitrogens with one attached hydrogen (secondary N) is 2. The van der Waals surface area contributed by atoms with Crippen LogP contribution in [0.1, 0.15) is 50.5 Å². The van der Waals surface area contributed by atoms with Gasteiger partial charge in [-0.3, -0.25) is 9.79 Å². The summed E-state index contributed by atoms with van der Waals surface area (Å²) in [6.07, 6.45) is 9.56. The second kappa shape index (κ2) is 14.5. The van der Waals surface area contributed by atoms with Crippen molar-refractivity contribution in [2.45, 2.75) is 51.5 Å². The minimum Gasteiger partial charge on any atom is -0.484 e. The number of aliphatic imine (C=N–C) groups is 1. The number of likely N-dealkylation sites (N-methyl/N-ethyl adjacent to an activating group) is 1. The number of hydrogen-bond donors (Lipinski definition) is 2. The van der Waals surface area contributed by atoms with E-state index in [-0.39, 0.29) is 36.5 Å². The first-order valence-electron chi connectivity index (χ1n) is 10.4. The molecule has 1 aliphatic carbocycles. The highest BCUT2D eigenvalue weighted by Gasteiger charge is 2.12. The SMILES string of the molecule is CN=C(NCCCC1CCCCC1)NCc1cccc(OCC(=O)N(C)C)c1.I. The first kappa shape index (κ1) is 25.5. The van der Waals surface area contributed by atoms with Crippen LogP contribution >= 0.6 is 24.0 Å². The molecule has 0 heterocycles. The van der Waals surface area contributed by atoms with Crippen LogP contribution in [-0.2, 0) is 11.3 Å². The van der Waals surface area contributed by atoms with Crippen molar-refractivity contribution in [3.63, 3.8) is 0 Å². The summed E-state index contributed by atoms with van der Waals surface area (Å²) in [5, 5.41) is 6.75. The maximum absolute atomic E-state index is 11.6. The number of rotatable bonds is 9. The monoisotopic (exact) mass is 516 g/mol. The van der Waals surface area contributed by atoms with Crippen LogP contribution in [0.5, 0.6) is 5.75 Å². The second-order valence-corrected chi connectivity index (χ2v) is 7.72. The summed E-state index contributed by atoms with van der Waals surface area (Å²) >= 11 is 0. The van der Waals surface area contributed by atoms with Crippen molar-refractivity contribution in [3.8, 4) is 5.75 Å². The number of halogens is 1. The molecular weight excluding hydrogens is 479 g/mol. The van der Waals surface area contributed by atoms with E-state index in [9.17, 15) is 4.79 Å². The number of ether oxygens (including phenoxy) is 1. The maximum Gasteiger partial charge on any atom is 0.259 e. The normalized spacial score (nSPS) is 14.7. The predicted octanol–water partition coefficient (Wildman–Crippen LogP) is 3.80. The van der Waals surface area contributed by atoms with Crippen LogP contribution in [-0.4, -0.2) is 51.1 Å². The molecule has 0 unspecified atom stereocenters. The molecule has 0 atom stereocenters. The van der Waals surface area contributed by atoms with Crippen LogP contribution < -0.4 is 15.4 Å². The van der Waals surface area contributed by atoms with Crippen molar-refractivity contribution in [3.05, 3.63) is 29.8 Å². The molecule has 0 aliphatic heterocycles. The largest absolute Gasteiger partial charge is 0.484 e. The van der Waals surface area contributed by atoms with Gasteiger partial charge in [0.1, 0.15) is 5.75 Å². The molecule has 2 N–H and O–H groups in total. The third-order valence-electron chi connectivity index (χ3n) is 5.25. The lowest BCUT2D eigenvalue weighted by Gasteiger charge is -2.21. The molecule has 7 heteroatoms. The molecule has 1 aromatic carbocycles. The molecule has 2 rings (SSSR count). The number of benzene rings is 1. The first-order chi connectivity index (χ1) is 13.6. The van der Waals surface area contributed by atoms with Crippen LogP contribution in [0.25, 0.3) is 0 Å². The zero-order valence-electron chi connectivity index (χ0n) is 18.1. The predicted molar refractivity (Wildman–Crippen MR) is 130 cm³/mol. The summed E-state index contributed by atoms with van der Waals surface area (Å²) in [6, 6.07) is 7.79. The van der Waals surface area contributed by atoms with Crippen molar-refractivity contribution >= 4 is 35.8 Å². The van der Waals surface area contributed by atoms with Gasteiger partial charge < -0.3 is 20.3 Å². The highest BCUT2D eigenvalue weighted by Crippen LogP contribution is 2.26. The van der Waals surface area contributed by atoms with E-state index >= 15 is 0 Å². The Morgan fingerprint density at radius 1 is 1.21 bits per heavy atom. The van der Waals surface area contributed by atoms with Gasteiger partial charge in [-0.15, -0.1) is 24.0 Å². The van der Waals surface area contributed by atoms with Crippen LogP contribution in [0.15, 0.2) is 29.3 Å². The smallest absolute Gasteiger partial charge is 0.259 e. The van der Waals surface area contributed by atoms with Gasteiger partial charge in [0.2, 0.25) is 0 Å². The fourth-order valence-corrected chi connectivity index (χ4v) is 3.50. The van der Waals surface area contributed by atoms with E-state index in [0.717, 1.165) is 24.0 Å². The zero-order valence-corrected chi connectivity index (χ0v) is 20.4. The average Bonchev–Trinajstić information content (AvgIpc) is 2.72. The van der Waals surface area contributed by atoms with Gasteiger partial charge in [-0.2, -0.15) is 0 Å². The Bertz CT molecular complexity index is 631. The van der Waals surface area contributed by atoms with E-state index in [1.807, 2.05) is 24.3 Å². The number of carbonyl (C=O) groups is 1. The number of guanidine groups is 1. The molecule has 0 saturated heterocycles. The van der Waals surface area contributed by atoms with Gasteiger partial charge in [0.15, 0.2) is 12.6 Å². The van der Waals surface area contributed by atoms with Crippen LogP contribution in [0.3, 0.4) is 0 Å². The van der Waals surface area contributed by atoms with Crippen molar-refractivity contribution < 1.29 is 9.53 Å². The van der Waals surface area contributed by atoms with E-state index in [0.29, 0.717) is 12.3 Å². The Morgan fingerprint density at radius 2 is 1.97 bits per heavy atom. The quantitative estimate of drug-likeness (QED) is 0.227. The average molecular weight is 516 g/mol. The number of amides is 1. The van der Waals surface area contributed by atoms with Gasteiger partial charge in [-0.25, -0.2) is 0 Å². The molecule has 1 amide bonds. The minimum absolute atomic E-state index is 0. The van der Waals surface area contributed by atoms with Gasteiger partial charge >= 0.3 is 0 Å². The molecule has 6 nitrogen and oxygen atoms in total. The summed E-state index contributed by atoms with van der Waals surface area (Å²) in [6.45, 7) is 1.65. The van der Waals surface area contributed by atoms with Gasteiger partial charge in [0.05, 0.1) is 0 Å². The standard InChI is InChI=1S/C22H36N4O2.HI/c1-23-22(24-14-8-12-18-9-5-4-6-10-18)25-16-19-11-7-13-20(15-19)28-17-21(27)26(2)3;/h7,11,13,15,18H,4-6,8-10,12,14,16-17H2,1-3H3,(H2,23,24,25);1H. The third-order valence-corrected chi connectivity index (χ3v) is 5.25. The Balaban J connectivity index is 0.00000420. The van der Waals surface area contributed by atoms with E-state index < -0.39 is 0 Å². The van der Waals surface area contributed by atoms with Crippen molar-refractivity contribution in [2.75, 3.05) is 34.3 Å². The molecule has 1 fully saturated rings. The highest BCUT2D eigenvalue weighted by atomic mass is 127. The Kier molecular flexibility index (Phi) is 12.7. The lowest BCUT2D eigenvalue weighted by molar-refractivity contribution is -0.130. The number of carbonyl (C=O) groups excluding carboxylic acids is 1. The molecule has 1 aliphatic rings. The van der Waals surface area contributed by atoms with Crippen molar-refractivity contribution in [1.82, 2.24) is 15.5 Å². The summed E-state index contributed by atoms with van der Waals surface area (Å²) in [4.78, 5) is 17.5. The van der Waals surface area contributed by atoms with Crippen LogP contribution in [0, 0.1) is 5.92 Å². The zero-order chi connectivity index (χ0) is 20.2. The number of hydrogen-bond acceptors (Lipinski definition) is 3. The van der Waals surface area contributed by atoms with Gasteiger partial charge in [0.25, 0.3) is 5.91 Å². The topological polar surface area (TPSA) is 66.0 Å². The lowest BCUT2D eigenvalue weighted by Crippen LogP contribution is -2.37. The molecule has 0 spiro atoms.